The standard InChI is InChI=1S/C21H16BrClFNO/c1-14-2-8-18(11-20(14)23)25-12-16-5-9-21(19(22)10-16)26-13-15-3-6-17(24)7-4-15/h2-12H,13H2,1H3. The highest BCUT2D eigenvalue weighted by Gasteiger charge is 2.03. The maximum Gasteiger partial charge on any atom is 0.134 e. The summed E-state index contributed by atoms with van der Waals surface area (Å²) in [5.74, 6) is 0.457. The van der Waals surface area contributed by atoms with Crippen molar-refractivity contribution < 1.29 is 9.13 Å². The van der Waals surface area contributed by atoms with Crippen molar-refractivity contribution >= 4 is 39.4 Å². The molecule has 132 valence electrons. The number of hydrogen-bond acceptors (Lipinski definition) is 2. The summed E-state index contributed by atoms with van der Waals surface area (Å²) in [6.07, 6.45) is 1.77. The Morgan fingerprint density at radius 1 is 1.08 bits per heavy atom. The SMILES string of the molecule is Cc1ccc(N=Cc2ccc(OCc3ccc(F)cc3)c(Br)c2)cc1Cl. The monoisotopic (exact) mass is 431 g/mol. The van der Waals surface area contributed by atoms with Gasteiger partial charge in [-0.15, -0.1) is 0 Å². The van der Waals surface area contributed by atoms with Crippen molar-refractivity contribution in [2.45, 2.75) is 13.5 Å². The fourth-order valence-electron chi connectivity index (χ4n) is 2.27. The molecular weight excluding hydrogens is 417 g/mol. The van der Waals surface area contributed by atoms with Crippen LogP contribution in [0.4, 0.5) is 10.1 Å². The van der Waals surface area contributed by atoms with Crippen LogP contribution in [-0.2, 0) is 6.61 Å². The highest BCUT2D eigenvalue weighted by Crippen LogP contribution is 2.27. The lowest BCUT2D eigenvalue weighted by Gasteiger charge is -2.09. The fourth-order valence-corrected chi connectivity index (χ4v) is 2.95. The molecule has 0 saturated carbocycles. The van der Waals surface area contributed by atoms with E-state index in [4.69, 9.17) is 16.3 Å². The lowest BCUT2D eigenvalue weighted by molar-refractivity contribution is 0.304. The summed E-state index contributed by atoms with van der Waals surface area (Å²) < 4.78 is 19.5. The van der Waals surface area contributed by atoms with E-state index in [1.165, 1.54) is 12.1 Å². The molecule has 0 unspecified atom stereocenters. The predicted molar refractivity (Wildman–Crippen MR) is 108 cm³/mol. The van der Waals surface area contributed by atoms with Gasteiger partial charge in [0.2, 0.25) is 0 Å². The topological polar surface area (TPSA) is 21.6 Å². The zero-order chi connectivity index (χ0) is 18.5. The van der Waals surface area contributed by atoms with Gasteiger partial charge in [-0.05, 0) is 82.0 Å². The van der Waals surface area contributed by atoms with Crippen LogP contribution in [0.25, 0.3) is 0 Å². The van der Waals surface area contributed by atoms with Crippen molar-refractivity contribution in [3.05, 3.63) is 92.7 Å². The summed E-state index contributed by atoms with van der Waals surface area (Å²) in [6, 6.07) is 17.7. The van der Waals surface area contributed by atoms with Gasteiger partial charge in [-0.25, -0.2) is 4.39 Å². The molecule has 26 heavy (non-hydrogen) atoms. The normalized spacial score (nSPS) is 11.1. The van der Waals surface area contributed by atoms with Gasteiger partial charge in [0.15, 0.2) is 0 Å². The van der Waals surface area contributed by atoms with E-state index < -0.39 is 0 Å². The van der Waals surface area contributed by atoms with Gasteiger partial charge in [-0.1, -0.05) is 29.8 Å². The quantitative estimate of drug-likeness (QED) is 0.403. The molecule has 0 aromatic heterocycles. The Morgan fingerprint density at radius 3 is 2.54 bits per heavy atom. The number of aryl methyl sites for hydroxylation is 1. The fraction of sp³-hybridized carbons (Fsp3) is 0.0952. The van der Waals surface area contributed by atoms with E-state index >= 15 is 0 Å². The van der Waals surface area contributed by atoms with Crippen LogP contribution in [0.1, 0.15) is 16.7 Å². The second kappa shape index (κ2) is 8.47. The first-order chi connectivity index (χ1) is 12.5. The van der Waals surface area contributed by atoms with Crippen LogP contribution < -0.4 is 4.74 Å². The Kier molecular flexibility index (Phi) is 6.07. The van der Waals surface area contributed by atoms with Gasteiger partial charge < -0.3 is 4.74 Å². The van der Waals surface area contributed by atoms with E-state index in [0.29, 0.717) is 17.4 Å². The third-order valence-corrected chi connectivity index (χ3v) is 4.81. The minimum Gasteiger partial charge on any atom is -0.488 e. The third-order valence-electron chi connectivity index (χ3n) is 3.78. The van der Waals surface area contributed by atoms with Crippen molar-refractivity contribution in [1.29, 1.82) is 0 Å². The molecule has 0 N–H and O–H groups in total. The third kappa shape index (κ3) is 4.93. The lowest BCUT2D eigenvalue weighted by atomic mass is 10.2. The summed E-state index contributed by atoms with van der Waals surface area (Å²) in [5.41, 5.74) is 3.66. The van der Waals surface area contributed by atoms with Gasteiger partial charge in [0.05, 0.1) is 10.2 Å². The number of aliphatic imine (C=N–C) groups is 1. The molecule has 0 spiro atoms. The zero-order valence-electron chi connectivity index (χ0n) is 14.0. The van der Waals surface area contributed by atoms with Gasteiger partial charge in [0, 0.05) is 11.2 Å². The van der Waals surface area contributed by atoms with Crippen molar-refractivity contribution in [2.24, 2.45) is 4.99 Å². The van der Waals surface area contributed by atoms with Crippen molar-refractivity contribution in [3.63, 3.8) is 0 Å². The molecule has 0 heterocycles. The lowest BCUT2D eigenvalue weighted by Crippen LogP contribution is -1.96. The van der Waals surface area contributed by atoms with Crippen LogP contribution in [0.3, 0.4) is 0 Å². The molecule has 2 nitrogen and oxygen atoms in total. The molecule has 0 saturated heterocycles. The Morgan fingerprint density at radius 2 is 1.85 bits per heavy atom. The zero-order valence-corrected chi connectivity index (χ0v) is 16.4. The van der Waals surface area contributed by atoms with Gasteiger partial charge in [-0.2, -0.15) is 0 Å². The second-order valence-electron chi connectivity index (χ2n) is 5.80. The number of halogens is 3. The summed E-state index contributed by atoms with van der Waals surface area (Å²) >= 11 is 9.63. The summed E-state index contributed by atoms with van der Waals surface area (Å²) in [6.45, 7) is 2.33. The molecule has 0 aliphatic rings. The van der Waals surface area contributed by atoms with Gasteiger partial charge >= 0.3 is 0 Å². The molecule has 3 rings (SSSR count). The van der Waals surface area contributed by atoms with Crippen molar-refractivity contribution in [1.82, 2.24) is 0 Å². The summed E-state index contributed by atoms with van der Waals surface area (Å²) in [5, 5.41) is 0.699. The molecule has 0 amide bonds. The molecule has 3 aromatic carbocycles. The summed E-state index contributed by atoms with van der Waals surface area (Å²) in [4.78, 5) is 4.44. The van der Waals surface area contributed by atoms with E-state index in [1.54, 1.807) is 18.3 Å². The Balaban J connectivity index is 1.67. The van der Waals surface area contributed by atoms with Gasteiger partial charge in [0.1, 0.15) is 18.2 Å². The Hall–Kier alpha value is -2.17. The number of benzene rings is 3. The molecule has 0 bridgehead atoms. The minimum absolute atomic E-state index is 0.256. The average molecular weight is 433 g/mol. The Bertz CT molecular complexity index is 941. The van der Waals surface area contributed by atoms with Gasteiger partial charge in [0.25, 0.3) is 0 Å². The van der Waals surface area contributed by atoms with Crippen LogP contribution >= 0.6 is 27.5 Å². The molecule has 5 heteroatoms. The molecule has 0 aliphatic heterocycles. The largest absolute Gasteiger partial charge is 0.488 e. The minimum atomic E-state index is -0.256. The van der Waals surface area contributed by atoms with Crippen molar-refractivity contribution in [2.75, 3.05) is 0 Å². The smallest absolute Gasteiger partial charge is 0.134 e. The highest BCUT2D eigenvalue weighted by atomic mass is 79.9. The molecule has 0 fully saturated rings. The number of hydrogen-bond donors (Lipinski definition) is 0. The predicted octanol–water partition coefficient (Wildman–Crippen LogP) is 6.88. The maximum absolute atomic E-state index is 12.9. The van der Waals surface area contributed by atoms with E-state index in [0.717, 1.165) is 26.9 Å². The van der Waals surface area contributed by atoms with Crippen LogP contribution in [0, 0.1) is 12.7 Å². The van der Waals surface area contributed by atoms with Crippen LogP contribution in [-0.4, -0.2) is 6.21 Å². The molecule has 3 aromatic rings. The molecule has 0 atom stereocenters. The first-order valence-electron chi connectivity index (χ1n) is 7.98. The van der Waals surface area contributed by atoms with Crippen molar-refractivity contribution in [3.8, 4) is 5.75 Å². The van der Waals surface area contributed by atoms with Gasteiger partial charge in [-0.3, -0.25) is 4.99 Å². The summed E-state index contributed by atoms with van der Waals surface area (Å²) in [7, 11) is 0. The Labute approximate surface area is 165 Å². The number of ether oxygens (including phenoxy) is 1. The highest BCUT2D eigenvalue weighted by molar-refractivity contribution is 9.10. The van der Waals surface area contributed by atoms with Crippen LogP contribution in [0.5, 0.6) is 5.75 Å². The number of nitrogens with zero attached hydrogens (tertiary/aromatic N) is 1. The van der Waals surface area contributed by atoms with E-state index in [-0.39, 0.29) is 5.82 Å². The average Bonchev–Trinajstić information content (AvgIpc) is 2.63. The maximum atomic E-state index is 12.9. The van der Waals surface area contributed by atoms with E-state index in [9.17, 15) is 4.39 Å². The van der Waals surface area contributed by atoms with E-state index in [2.05, 4.69) is 20.9 Å². The first kappa shape index (κ1) is 18.6. The second-order valence-corrected chi connectivity index (χ2v) is 7.06. The first-order valence-corrected chi connectivity index (χ1v) is 9.15. The molecular formula is C21H16BrClFNO. The van der Waals surface area contributed by atoms with E-state index in [1.807, 2.05) is 43.3 Å². The van der Waals surface area contributed by atoms with Crippen LogP contribution in [0.15, 0.2) is 70.1 Å². The molecule has 0 aliphatic carbocycles. The molecule has 0 radical (unpaired) electrons. The van der Waals surface area contributed by atoms with Crippen LogP contribution in [0.2, 0.25) is 5.02 Å². The number of rotatable bonds is 5.